The normalized spacial score (nSPS) is 10.7. The Morgan fingerprint density at radius 2 is 2.19 bits per heavy atom. The molecule has 2 aromatic heterocycles. The van der Waals surface area contributed by atoms with E-state index in [4.69, 9.17) is 5.73 Å². The van der Waals surface area contributed by atoms with Crippen molar-refractivity contribution in [1.82, 2.24) is 9.55 Å². The Balaban J connectivity index is 1.88. The molecule has 1 amide bonds. The number of nitrogens with zero attached hydrogens (tertiary/aromatic N) is 2. The van der Waals surface area contributed by atoms with E-state index >= 15 is 0 Å². The Bertz CT molecular complexity index is 807. The standard InChI is InChI=1S/C16H16N4O/c1-2-20-10-12(17)9-15(20)16(21)19-13-5-6-14-11(8-13)4-3-7-18-14/h3-10H,2,17H2,1H3,(H,19,21). The second kappa shape index (κ2) is 5.28. The lowest BCUT2D eigenvalue weighted by atomic mass is 10.2. The Hall–Kier alpha value is -2.82. The first-order valence-electron chi connectivity index (χ1n) is 6.79. The fourth-order valence-corrected chi connectivity index (χ4v) is 2.33. The second-order valence-electron chi connectivity index (χ2n) is 4.81. The van der Waals surface area contributed by atoms with Gasteiger partial charge in [-0.1, -0.05) is 6.07 Å². The number of amides is 1. The molecule has 0 unspecified atom stereocenters. The van der Waals surface area contributed by atoms with Crippen LogP contribution in [0.25, 0.3) is 10.9 Å². The molecule has 0 fully saturated rings. The van der Waals surface area contributed by atoms with Gasteiger partial charge in [0.1, 0.15) is 5.69 Å². The van der Waals surface area contributed by atoms with Gasteiger partial charge in [-0.25, -0.2) is 0 Å². The third kappa shape index (κ3) is 2.58. The van der Waals surface area contributed by atoms with Crippen LogP contribution in [0.3, 0.4) is 0 Å². The van der Waals surface area contributed by atoms with Crippen LogP contribution in [0.1, 0.15) is 17.4 Å². The molecule has 3 N–H and O–H groups in total. The Labute approximate surface area is 122 Å². The summed E-state index contributed by atoms with van der Waals surface area (Å²) >= 11 is 0. The van der Waals surface area contributed by atoms with Crippen molar-refractivity contribution < 1.29 is 4.79 Å². The Kier molecular flexibility index (Phi) is 3.31. The smallest absolute Gasteiger partial charge is 0.272 e. The third-order valence-electron chi connectivity index (χ3n) is 3.35. The van der Waals surface area contributed by atoms with Gasteiger partial charge >= 0.3 is 0 Å². The van der Waals surface area contributed by atoms with Gasteiger partial charge in [-0.15, -0.1) is 0 Å². The molecule has 5 nitrogen and oxygen atoms in total. The first-order valence-corrected chi connectivity index (χ1v) is 6.79. The molecule has 5 heteroatoms. The zero-order chi connectivity index (χ0) is 14.8. The van der Waals surface area contributed by atoms with Gasteiger partial charge in [-0.05, 0) is 37.3 Å². The zero-order valence-corrected chi connectivity index (χ0v) is 11.7. The van der Waals surface area contributed by atoms with Crippen molar-refractivity contribution in [3.05, 3.63) is 54.5 Å². The molecule has 0 bridgehead atoms. The molecule has 0 saturated heterocycles. The minimum Gasteiger partial charge on any atom is -0.397 e. The lowest BCUT2D eigenvalue weighted by Crippen LogP contribution is -2.16. The molecule has 0 aliphatic carbocycles. The number of nitrogens with two attached hydrogens (primary N) is 1. The molecule has 0 atom stereocenters. The number of hydrogen-bond acceptors (Lipinski definition) is 3. The number of anilines is 2. The molecule has 3 rings (SSSR count). The van der Waals surface area contributed by atoms with Crippen LogP contribution in [0, 0.1) is 0 Å². The summed E-state index contributed by atoms with van der Waals surface area (Å²) in [4.78, 5) is 16.6. The summed E-state index contributed by atoms with van der Waals surface area (Å²) in [6.07, 6.45) is 3.51. The van der Waals surface area contributed by atoms with E-state index in [9.17, 15) is 4.79 Å². The minimum absolute atomic E-state index is 0.170. The highest BCUT2D eigenvalue weighted by Gasteiger charge is 2.12. The summed E-state index contributed by atoms with van der Waals surface area (Å²) in [6.45, 7) is 2.67. The van der Waals surface area contributed by atoms with Crippen molar-refractivity contribution in [1.29, 1.82) is 0 Å². The number of aromatic nitrogens is 2. The number of rotatable bonds is 3. The highest BCUT2D eigenvalue weighted by atomic mass is 16.1. The second-order valence-corrected chi connectivity index (χ2v) is 4.81. The van der Waals surface area contributed by atoms with Crippen molar-refractivity contribution in [2.24, 2.45) is 0 Å². The van der Waals surface area contributed by atoms with Crippen LogP contribution in [0.5, 0.6) is 0 Å². The molecule has 106 valence electrons. The summed E-state index contributed by atoms with van der Waals surface area (Å²) in [6, 6.07) is 11.2. The first kappa shape index (κ1) is 13.2. The third-order valence-corrected chi connectivity index (χ3v) is 3.35. The average molecular weight is 280 g/mol. The van der Waals surface area contributed by atoms with E-state index in [0.29, 0.717) is 17.9 Å². The molecular weight excluding hydrogens is 264 g/mol. The van der Waals surface area contributed by atoms with Crippen LogP contribution in [0.4, 0.5) is 11.4 Å². The quantitative estimate of drug-likeness (QED) is 0.774. The van der Waals surface area contributed by atoms with E-state index in [2.05, 4.69) is 10.3 Å². The molecule has 0 spiro atoms. The fourth-order valence-electron chi connectivity index (χ4n) is 2.33. The van der Waals surface area contributed by atoms with Crippen molar-refractivity contribution in [3.8, 4) is 0 Å². The number of hydrogen-bond donors (Lipinski definition) is 2. The van der Waals surface area contributed by atoms with Crippen LogP contribution in [0.15, 0.2) is 48.8 Å². The van der Waals surface area contributed by atoms with Crippen LogP contribution in [0.2, 0.25) is 0 Å². The number of nitrogen functional groups attached to an aromatic ring is 1. The van der Waals surface area contributed by atoms with Crippen LogP contribution >= 0.6 is 0 Å². The van der Waals surface area contributed by atoms with Crippen molar-refractivity contribution in [3.63, 3.8) is 0 Å². The SMILES string of the molecule is CCn1cc(N)cc1C(=O)Nc1ccc2ncccc2c1. The average Bonchev–Trinajstić information content (AvgIpc) is 2.88. The van der Waals surface area contributed by atoms with Gasteiger partial charge in [0.05, 0.1) is 11.2 Å². The van der Waals surface area contributed by atoms with E-state index < -0.39 is 0 Å². The minimum atomic E-state index is -0.170. The van der Waals surface area contributed by atoms with Crippen molar-refractivity contribution >= 4 is 28.2 Å². The van der Waals surface area contributed by atoms with E-state index in [1.807, 2.05) is 41.8 Å². The summed E-state index contributed by atoms with van der Waals surface area (Å²) in [5, 5.41) is 3.88. The molecule has 1 aromatic carbocycles. The highest BCUT2D eigenvalue weighted by molar-refractivity contribution is 6.04. The lowest BCUT2D eigenvalue weighted by Gasteiger charge is -2.08. The van der Waals surface area contributed by atoms with E-state index in [1.165, 1.54) is 0 Å². The maximum atomic E-state index is 12.3. The molecule has 0 aliphatic rings. The van der Waals surface area contributed by atoms with Crippen LogP contribution in [-0.4, -0.2) is 15.5 Å². The topological polar surface area (TPSA) is 72.9 Å². The van der Waals surface area contributed by atoms with Crippen molar-refractivity contribution in [2.45, 2.75) is 13.5 Å². The first-order chi connectivity index (χ1) is 10.2. The molecule has 0 radical (unpaired) electrons. The maximum Gasteiger partial charge on any atom is 0.272 e. The van der Waals surface area contributed by atoms with Crippen LogP contribution < -0.4 is 11.1 Å². The summed E-state index contributed by atoms with van der Waals surface area (Å²) in [5.41, 5.74) is 8.53. The van der Waals surface area contributed by atoms with E-state index in [-0.39, 0.29) is 5.91 Å². The number of benzene rings is 1. The number of carbonyl (C=O) groups excluding carboxylic acids is 1. The van der Waals surface area contributed by atoms with Gasteiger partial charge in [-0.3, -0.25) is 9.78 Å². The highest BCUT2D eigenvalue weighted by Crippen LogP contribution is 2.18. The Morgan fingerprint density at radius 3 is 3.00 bits per heavy atom. The summed E-state index contributed by atoms with van der Waals surface area (Å²) < 4.78 is 1.83. The van der Waals surface area contributed by atoms with Gasteiger partial charge in [0, 0.05) is 30.0 Å². The molecule has 3 aromatic rings. The Morgan fingerprint density at radius 1 is 1.33 bits per heavy atom. The molecule has 21 heavy (non-hydrogen) atoms. The lowest BCUT2D eigenvalue weighted by molar-refractivity contribution is 0.101. The number of aryl methyl sites for hydroxylation is 1. The maximum absolute atomic E-state index is 12.3. The van der Waals surface area contributed by atoms with E-state index in [1.54, 1.807) is 18.5 Å². The largest absolute Gasteiger partial charge is 0.397 e. The van der Waals surface area contributed by atoms with Crippen LogP contribution in [-0.2, 0) is 6.54 Å². The van der Waals surface area contributed by atoms with Gasteiger partial charge in [0.2, 0.25) is 0 Å². The number of fused-ring (bicyclic) bond motifs is 1. The van der Waals surface area contributed by atoms with Crippen molar-refractivity contribution in [2.75, 3.05) is 11.1 Å². The predicted octanol–water partition coefficient (Wildman–Crippen LogP) is 2.89. The zero-order valence-electron chi connectivity index (χ0n) is 11.7. The van der Waals surface area contributed by atoms with Gasteiger partial charge in [0.15, 0.2) is 0 Å². The van der Waals surface area contributed by atoms with Gasteiger partial charge in [0.25, 0.3) is 5.91 Å². The molecule has 0 saturated carbocycles. The number of nitrogens with one attached hydrogen (secondary N) is 1. The fraction of sp³-hybridized carbons (Fsp3) is 0.125. The molecule has 2 heterocycles. The predicted molar refractivity (Wildman–Crippen MR) is 84.2 cm³/mol. The van der Waals surface area contributed by atoms with Gasteiger partial charge in [-0.2, -0.15) is 0 Å². The van der Waals surface area contributed by atoms with Gasteiger partial charge < -0.3 is 15.6 Å². The monoisotopic (exact) mass is 280 g/mol. The number of pyridine rings is 1. The van der Waals surface area contributed by atoms with E-state index in [0.717, 1.165) is 16.6 Å². The molecule has 0 aliphatic heterocycles. The summed E-state index contributed by atoms with van der Waals surface area (Å²) in [5.74, 6) is -0.170. The molecular formula is C16H16N4O. The summed E-state index contributed by atoms with van der Waals surface area (Å²) in [7, 11) is 0. The number of carbonyl (C=O) groups is 1.